The number of para-hydroxylation sites is 1. The van der Waals surface area contributed by atoms with Gasteiger partial charge in [-0.15, -0.1) is 0 Å². The molecule has 0 saturated carbocycles. The Hall–Kier alpha value is -3.28. The number of carbonyl (C=O) groups excluding carboxylic acids is 1. The molecule has 4 N–H and O–H groups in total. The van der Waals surface area contributed by atoms with E-state index in [2.05, 4.69) is 15.3 Å². The lowest BCUT2D eigenvalue weighted by Gasteiger charge is -2.07. The van der Waals surface area contributed by atoms with Crippen LogP contribution in [0.4, 0.5) is 5.69 Å². The van der Waals surface area contributed by atoms with Gasteiger partial charge in [0, 0.05) is 23.9 Å². The number of nitrogens with zero attached hydrogens (tertiary/aromatic N) is 1. The fourth-order valence-corrected chi connectivity index (χ4v) is 2.53. The van der Waals surface area contributed by atoms with Gasteiger partial charge in [-0.2, -0.15) is 0 Å². The maximum absolute atomic E-state index is 11.2. The molecule has 0 fully saturated rings. The molecule has 0 saturated heterocycles. The molecule has 6 nitrogen and oxygen atoms in total. The Morgan fingerprint density at radius 1 is 1.08 bits per heavy atom. The van der Waals surface area contributed by atoms with Crippen molar-refractivity contribution < 1.29 is 15.0 Å². The Balaban J connectivity index is 2.08. The number of hydrogen-bond donors (Lipinski definition) is 4. The third-order valence-electron chi connectivity index (χ3n) is 3.62. The topological polar surface area (TPSA) is 98.2 Å². The van der Waals surface area contributed by atoms with E-state index in [9.17, 15) is 15.0 Å². The van der Waals surface area contributed by atoms with Gasteiger partial charge in [-0.1, -0.05) is 12.1 Å². The highest BCUT2D eigenvalue weighted by Gasteiger charge is 2.16. The molecule has 0 unspecified atom stereocenters. The predicted molar refractivity (Wildman–Crippen MR) is 91.8 cm³/mol. The lowest BCUT2D eigenvalue weighted by molar-refractivity contribution is -0.114. The van der Waals surface area contributed by atoms with Crippen LogP contribution in [0.2, 0.25) is 0 Å². The van der Waals surface area contributed by atoms with Crippen LogP contribution in [0.1, 0.15) is 12.6 Å². The lowest BCUT2D eigenvalue weighted by Crippen LogP contribution is -2.05. The fraction of sp³-hybridized carbons (Fsp3) is 0.111. The number of aromatic nitrogens is 2. The Bertz CT molecular complexity index is 916. The largest absolute Gasteiger partial charge is 0.507 e. The third kappa shape index (κ3) is 2.94. The van der Waals surface area contributed by atoms with Crippen LogP contribution in [0.5, 0.6) is 11.5 Å². The number of phenolic OH excluding ortho intramolecular Hbond substituents is 2. The van der Waals surface area contributed by atoms with E-state index in [1.54, 1.807) is 36.4 Å². The molecular weight excluding hydrogens is 306 g/mol. The maximum Gasteiger partial charge on any atom is 0.221 e. The number of nitrogens with one attached hydrogen (secondary N) is 2. The highest BCUT2D eigenvalue weighted by Crippen LogP contribution is 2.35. The molecule has 0 radical (unpaired) electrons. The lowest BCUT2D eigenvalue weighted by atomic mass is 10.1. The molecule has 0 aliphatic carbocycles. The van der Waals surface area contributed by atoms with E-state index in [0.717, 1.165) is 5.69 Å². The van der Waals surface area contributed by atoms with Crippen molar-refractivity contribution in [3.8, 4) is 34.1 Å². The summed E-state index contributed by atoms with van der Waals surface area (Å²) in [7, 11) is 0. The summed E-state index contributed by atoms with van der Waals surface area (Å²) in [6.45, 7) is 3.25. The van der Waals surface area contributed by atoms with E-state index < -0.39 is 0 Å². The molecule has 3 rings (SSSR count). The van der Waals surface area contributed by atoms with Crippen LogP contribution < -0.4 is 5.32 Å². The van der Waals surface area contributed by atoms with Gasteiger partial charge in [0.25, 0.3) is 0 Å². The molecule has 0 aliphatic rings. The van der Waals surface area contributed by atoms with Crippen LogP contribution in [0.25, 0.3) is 22.6 Å². The molecule has 24 heavy (non-hydrogen) atoms. The number of imidazole rings is 1. The highest BCUT2D eigenvalue weighted by molar-refractivity contribution is 5.90. The van der Waals surface area contributed by atoms with E-state index in [4.69, 9.17) is 0 Å². The highest BCUT2D eigenvalue weighted by atomic mass is 16.3. The second kappa shape index (κ2) is 6.08. The minimum absolute atomic E-state index is 0.0579. The van der Waals surface area contributed by atoms with Crippen LogP contribution in [0, 0.1) is 6.92 Å². The molecule has 1 aromatic heterocycles. The molecule has 3 aromatic rings. The smallest absolute Gasteiger partial charge is 0.221 e. The first kappa shape index (κ1) is 15.6. The van der Waals surface area contributed by atoms with Gasteiger partial charge >= 0.3 is 0 Å². The first-order valence-corrected chi connectivity index (χ1v) is 7.41. The van der Waals surface area contributed by atoms with Crippen LogP contribution >= 0.6 is 0 Å². The zero-order valence-electron chi connectivity index (χ0n) is 13.3. The number of aryl methyl sites for hydroxylation is 1. The molecule has 0 spiro atoms. The number of aromatic hydroxyl groups is 2. The van der Waals surface area contributed by atoms with Crippen molar-refractivity contribution in [3.63, 3.8) is 0 Å². The third-order valence-corrected chi connectivity index (χ3v) is 3.62. The Labute approximate surface area is 138 Å². The molecular formula is C18H17N3O3. The number of rotatable bonds is 3. The summed E-state index contributed by atoms with van der Waals surface area (Å²) in [6.07, 6.45) is 0. The monoisotopic (exact) mass is 323 g/mol. The average molecular weight is 323 g/mol. The van der Waals surface area contributed by atoms with Gasteiger partial charge in [-0.3, -0.25) is 4.79 Å². The summed E-state index contributed by atoms with van der Waals surface area (Å²) in [5.41, 5.74) is 2.93. The number of hydrogen-bond acceptors (Lipinski definition) is 4. The first-order chi connectivity index (χ1) is 11.5. The van der Waals surface area contributed by atoms with Gasteiger partial charge in [-0.05, 0) is 37.3 Å². The van der Waals surface area contributed by atoms with Crippen molar-refractivity contribution >= 4 is 11.6 Å². The van der Waals surface area contributed by atoms with Crippen LogP contribution in [-0.4, -0.2) is 26.1 Å². The fourth-order valence-electron chi connectivity index (χ4n) is 2.53. The number of anilines is 1. The van der Waals surface area contributed by atoms with Gasteiger partial charge in [-0.25, -0.2) is 4.98 Å². The van der Waals surface area contributed by atoms with Gasteiger partial charge in [0.1, 0.15) is 17.3 Å². The Kier molecular flexibility index (Phi) is 3.95. The van der Waals surface area contributed by atoms with Gasteiger partial charge in [0.15, 0.2) is 0 Å². The number of phenols is 2. The molecule has 1 amide bonds. The number of carbonyl (C=O) groups is 1. The molecule has 2 aromatic carbocycles. The van der Waals surface area contributed by atoms with Crippen LogP contribution in [0.15, 0.2) is 42.5 Å². The van der Waals surface area contributed by atoms with Crippen LogP contribution in [-0.2, 0) is 4.79 Å². The predicted octanol–water partition coefficient (Wildman–Crippen LogP) is 3.42. The van der Waals surface area contributed by atoms with Gasteiger partial charge in [0.2, 0.25) is 5.91 Å². The number of aromatic amines is 1. The van der Waals surface area contributed by atoms with Crippen molar-refractivity contribution in [2.75, 3.05) is 5.32 Å². The van der Waals surface area contributed by atoms with Crippen molar-refractivity contribution in [1.29, 1.82) is 0 Å². The molecule has 1 heterocycles. The summed E-state index contributed by atoms with van der Waals surface area (Å²) in [5.74, 6) is 0.488. The zero-order valence-corrected chi connectivity index (χ0v) is 13.3. The zero-order chi connectivity index (χ0) is 17.3. The minimum atomic E-state index is -0.194. The van der Waals surface area contributed by atoms with E-state index >= 15 is 0 Å². The Morgan fingerprint density at radius 2 is 1.79 bits per heavy atom. The van der Waals surface area contributed by atoms with E-state index in [-0.39, 0.29) is 17.4 Å². The standard InChI is InChI=1S/C18H17N3O3/c1-10-17(14-9-12(20-11(2)22)7-8-16(14)24)21-18(19-10)13-5-3-4-6-15(13)23/h3-9,23-24H,1-2H3,(H,19,21)(H,20,22). The quantitative estimate of drug-likeness (QED) is 0.555. The summed E-state index contributed by atoms with van der Waals surface area (Å²) >= 11 is 0. The summed E-state index contributed by atoms with van der Waals surface area (Å²) in [6, 6.07) is 11.7. The summed E-state index contributed by atoms with van der Waals surface area (Å²) in [5, 5.41) is 22.8. The Morgan fingerprint density at radius 3 is 2.50 bits per heavy atom. The van der Waals surface area contributed by atoms with Gasteiger partial charge < -0.3 is 20.5 Å². The number of benzene rings is 2. The average Bonchev–Trinajstić information content (AvgIpc) is 2.91. The number of amides is 1. The molecule has 0 bridgehead atoms. The summed E-state index contributed by atoms with van der Waals surface area (Å²) in [4.78, 5) is 18.8. The first-order valence-electron chi connectivity index (χ1n) is 7.41. The van der Waals surface area contributed by atoms with E-state index in [1.807, 2.05) is 6.92 Å². The number of H-pyrrole nitrogens is 1. The minimum Gasteiger partial charge on any atom is -0.507 e. The molecule has 6 heteroatoms. The van der Waals surface area contributed by atoms with Crippen molar-refractivity contribution in [3.05, 3.63) is 48.2 Å². The van der Waals surface area contributed by atoms with Gasteiger partial charge in [0.05, 0.1) is 11.3 Å². The summed E-state index contributed by atoms with van der Waals surface area (Å²) < 4.78 is 0. The normalized spacial score (nSPS) is 10.6. The van der Waals surface area contributed by atoms with Crippen molar-refractivity contribution in [2.45, 2.75) is 13.8 Å². The maximum atomic E-state index is 11.2. The molecule has 122 valence electrons. The second-order valence-electron chi connectivity index (χ2n) is 5.49. The SMILES string of the molecule is CC(=O)Nc1ccc(O)c(-c2nc(-c3ccccc3O)[nH]c2C)c1. The molecule has 0 atom stereocenters. The molecule has 0 aliphatic heterocycles. The second-order valence-corrected chi connectivity index (χ2v) is 5.49. The van der Waals surface area contributed by atoms with E-state index in [1.165, 1.54) is 13.0 Å². The van der Waals surface area contributed by atoms with E-state index in [0.29, 0.717) is 28.3 Å². The van der Waals surface area contributed by atoms with Crippen LogP contribution in [0.3, 0.4) is 0 Å². The van der Waals surface area contributed by atoms with Crippen molar-refractivity contribution in [2.24, 2.45) is 0 Å². The van der Waals surface area contributed by atoms with Crippen molar-refractivity contribution in [1.82, 2.24) is 9.97 Å².